The van der Waals surface area contributed by atoms with Gasteiger partial charge in [-0.1, -0.05) is 24.3 Å². The highest BCUT2D eigenvalue weighted by atomic mass is 16.5. The highest BCUT2D eigenvalue weighted by molar-refractivity contribution is 5.97. The number of amides is 1. The second kappa shape index (κ2) is 7.31. The van der Waals surface area contributed by atoms with E-state index >= 15 is 0 Å². The fraction of sp³-hybridized carbons (Fsp3) is 0.333. The number of anilines is 1. The average Bonchev–Trinajstić information content (AvgIpc) is 3.05. The van der Waals surface area contributed by atoms with Crippen molar-refractivity contribution in [1.29, 1.82) is 0 Å². The number of rotatable bonds is 4. The topological polar surface area (TPSA) is 50.6 Å². The first-order chi connectivity index (χ1) is 13.2. The Balaban J connectivity index is 1.49. The number of piperazine rings is 1. The summed E-state index contributed by atoms with van der Waals surface area (Å²) in [5, 5.41) is 0. The maximum absolute atomic E-state index is 13.0. The predicted octanol–water partition coefficient (Wildman–Crippen LogP) is 2.93. The van der Waals surface area contributed by atoms with E-state index in [1.807, 2.05) is 61.3 Å². The van der Waals surface area contributed by atoms with Crippen molar-refractivity contribution < 1.29 is 9.53 Å². The number of fused-ring (bicyclic) bond motifs is 1. The van der Waals surface area contributed by atoms with Crippen molar-refractivity contribution in [2.75, 3.05) is 37.7 Å². The Labute approximate surface area is 159 Å². The molecule has 2 aromatic carbocycles. The zero-order valence-corrected chi connectivity index (χ0v) is 15.8. The SMILES string of the molecule is CCOc1ccccc1C(=O)N1CCN(c2nc3ccccc3n2C)CC1. The number of para-hydroxylation sites is 3. The lowest BCUT2D eigenvalue weighted by molar-refractivity contribution is 0.0742. The number of carbonyl (C=O) groups excluding carboxylic acids is 1. The van der Waals surface area contributed by atoms with Crippen LogP contribution in [0.4, 0.5) is 5.95 Å². The summed E-state index contributed by atoms with van der Waals surface area (Å²) in [6, 6.07) is 15.6. The molecule has 0 N–H and O–H groups in total. The van der Waals surface area contributed by atoms with Crippen molar-refractivity contribution in [3.05, 3.63) is 54.1 Å². The molecule has 0 atom stereocenters. The number of imidazole rings is 1. The largest absolute Gasteiger partial charge is 0.493 e. The number of aryl methyl sites for hydroxylation is 1. The molecule has 0 spiro atoms. The van der Waals surface area contributed by atoms with Gasteiger partial charge in [0.25, 0.3) is 5.91 Å². The maximum Gasteiger partial charge on any atom is 0.257 e. The van der Waals surface area contributed by atoms with Gasteiger partial charge in [-0.3, -0.25) is 4.79 Å². The summed E-state index contributed by atoms with van der Waals surface area (Å²) in [6.45, 7) is 5.34. The van der Waals surface area contributed by atoms with Crippen LogP contribution in [0.25, 0.3) is 11.0 Å². The Morgan fingerprint density at radius 3 is 2.48 bits per heavy atom. The van der Waals surface area contributed by atoms with Gasteiger partial charge in [-0.05, 0) is 31.2 Å². The van der Waals surface area contributed by atoms with Crippen LogP contribution in [0.2, 0.25) is 0 Å². The van der Waals surface area contributed by atoms with Gasteiger partial charge in [0.05, 0.1) is 23.2 Å². The number of benzene rings is 2. The van der Waals surface area contributed by atoms with Gasteiger partial charge in [-0.2, -0.15) is 0 Å². The fourth-order valence-corrected chi connectivity index (χ4v) is 3.62. The summed E-state index contributed by atoms with van der Waals surface area (Å²) >= 11 is 0. The van der Waals surface area contributed by atoms with Crippen LogP contribution in [-0.2, 0) is 7.05 Å². The summed E-state index contributed by atoms with van der Waals surface area (Å²) in [5.74, 6) is 1.64. The van der Waals surface area contributed by atoms with Crippen molar-refractivity contribution in [2.45, 2.75) is 6.92 Å². The fourth-order valence-electron chi connectivity index (χ4n) is 3.62. The highest BCUT2D eigenvalue weighted by Gasteiger charge is 2.26. The Bertz CT molecular complexity index is 958. The number of nitrogens with zero attached hydrogens (tertiary/aromatic N) is 4. The van der Waals surface area contributed by atoms with E-state index in [2.05, 4.69) is 15.5 Å². The molecule has 4 rings (SSSR count). The van der Waals surface area contributed by atoms with Crippen molar-refractivity contribution in [2.24, 2.45) is 7.05 Å². The normalized spacial score (nSPS) is 14.6. The van der Waals surface area contributed by atoms with E-state index in [-0.39, 0.29) is 5.91 Å². The number of hydrogen-bond acceptors (Lipinski definition) is 4. The third-order valence-corrected chi connectivity index (χ3v) is 5.03. The smallest absolute Gasteiger partial charge is 0.257 e. The first-order valence-electron chi connectivity index (χ1n) is 9.36. The Morgan fingerprint density at radius 1 is 1.04 bits per heavy atom. The minimum atomic E-state index is 0.0312. The molecule has 1 fully saturated rings. The number of ether oxygens (including phenoxy) is 1. The standard InChI is InChI=1S/C21H24N4O2/c1-3-27-19-11-7-4-8-16(19)20(26)24-12-14-25(15-13-24)21-22-17-9-5-6-10-18(17)23(21)2/h4-11H,3,12-15H2,1-2H3. The van der Waals surface area contributed by atoms with Crippen LogP contribution in [0, 0.1) is 0 Å². The Morgan fingerprint density at radius 2 is 1.74 bits per heavy atom. The highest BCUT2D eigenvalue weighted by Crippen LogP contribution is 2.24. The molecule has 6 nitrogen and oxygen atoms in total. The molecule has 27 heavy (non-hydrogen) atoms. The Hall–Kier alpha value is -3.02. The molecule has 0 bridgehead atoms. The first kappa shape index (κ1) is 17.4. The molecule has 0 saturated carbocycles. The van der Waals surface area contributed by atoms with Crippen LogP contribution in [0.5, 0.6) is 5.75 Å². The van der Waals surface area contributed by atoms with Crippen molar-refractivity contribution in [3.63, 3.8) is 0 Å². The third kappa shape index (κ3) is 3.23. The van der Waals surface area contributed by atoms with Crippen LogP contribution in [-0.4, -0.2) is 53.1 Å². The van der Waals surface area contributed by atoms with E-state index in [9.17, 15) is 4.79 Å². The summed E-state index contributed by atoms with van der Waals surface area (Å²) in [5.41, 5.74) is 2.76. The predicted molar refractivity (Wildman–Crippen MR) is 106 cm³/mol. The molecule has 2 heterocycles. The maximum atomic E-state index is 13.0. The van der Waals surface area contributed by atoms with Crippen LogP contribution in [0.3, 0.4) is 0 Å². The quantitative estimate of drug-likeness (QED) is 0.714. The lowest BCUT2D eigenvalue weighted by Gasteiger charge is -2.35. The van der Waals surface area contributed by atoms with E-state index in [4.69, 9.17) is 9.72 Å². The van der Waals surface area contributed by atoms with Gasteiger partial charge in [0.15, 0.2) is 0 Å². The minimum absolute atomic E-state index is 0.0312. The van der Waals surface area contributed by atoms with Gasteiger partial charge in [0, 0.05) is 33.2 Å². The van der Waals surface area contributed by atoms with Crippen molar-refractivity contribution >= 4 is 22.9 Å². The molecule has 1 saturated heterocycles. The summed E-state index contributed by atoms with van der Waals surface area (Å²) in [4.78, 5) is 21.9. The number of aromatic nitrogens is 2. The summed E-state index contributed by atoms with van der Waals surface area (Å²) in [6.07, 6.45) is 0. The molecule has 0 radical (unpaired) electrons. The monoisotopic (exact) mass is 364 g/mol. The van der Waals surface area contributed by atoms with Crippen LogP contribution in [0.1, 0.15) is 17.3 Å². The van der Waals surface area contributed by atoms with E-state index in [0.717, 1.165) is 30.1 Å². The zero-order valence-electron chi connectivity index (χ0n) is 15.8. The molecular weight excluding hydrogens is 340 g/mol. The van der Waals surface area contributed by atoms with Gasteiger partial charge in [0.2, 0.25) is 5.95 Å². The van der Waals surface area contributed by atoms with E-state index in [1.165, 1.54) is 0 Å². The Kier molecular flexibility index (Phi) is 4.71. The molecule has 1 aliphatic rings. The van der Waals surface area contributed by atoms with Gasteiger partial charge in [-0.25, -0.2) is 4.98 Å². The van der Waals surface area contributed by atoms with Crippen LogP contribution in [0.15, 0.2) is 48.5 Å². The molecule has 3 aromatic rings. The molecule has 6 heteroatoms. The lowest BCUT2D eigenvalue weighted by atomic mass is 10.1. The second-order valence-electron chi connectivity index (χ2n) is 6.67. The van der Waals surface area contributed by atoms with Crippen LogP contribution < -0.4 is 9.64 Å². The molecule has 0 unspecified atom stereocenters. The van der Waals surface area contributed by atoms with Crippen molar-refractivity contribution in [1.82, 2.24) is 14.5 Å². The molecule has 1 aliphatic heterocycles. The van der Waals surface area contributed by atoms with Gasteiger partial charge in [-0.15, -0.1) is 0 Å². The molecule has 1 amide bonds. The van der Waals surface area contributed by atoms with Gasteiger partial charge < -0.3 is 19.1 Å². The second-order valence-corrected chi connectivity index (χ2v) is 6.67. The average molecular weight is 364 g/mol. The zero-order chi connectivity index (χ0) is 18.8. The first-order valence-corrected chi connectivity index (χ1v) is 9.36. The summed E-state index contributed by atoms with van der Waals surface area (Å²) in [7, 11) is 2.04. The summed E-state index contributed by atoms with van der Waals surface area (Å²) < 4.78 is 7.74. The van der Waals surface area contributed by atoms with Crippen molar-refractivity contribution in [3.8, 4) is 5.75 Å². The molecular formula is C21H24N4O2. The third-order valence-electron chi connectivity index (χ3n) is 5.03. The van der Waals surface area contributed by atoms with E-state index in [1.54, 1.807) is 0 Å². The number of carbonyl (C=O) groups is 1. The number of hydrogen-bond donors (Lipinski definition) is 0. The van der Waals surface area contributed by atoms with Gasteiger partial charge in [0.1, 0.15) is 5.75 Å². The lowest BCUT2D eigenvalue weighted by Crippen LogP contribution is -2.49. The van der Waals surface area contributed by atoms with Gasteiger partial charge >= 0.3 is 0 Å². The molecule has 0 aliphatic carbocycles. The van der Waals surface area contributed by atoms with Crippen LogP contribution >= 0.6 is 0 Å². The molecule has 140 valence electrons. The molecule has 1 aromatic heterocycles. The van der Waals surface area contributed by atoms with E-state index in [0.29, 0.717) is 31.0 Å². The minimum Gasteiger partial charge on any atom is -0.493 e. The van der Waals surface area contributed by atoms with E-state index < -0.39 is 0 Å².